The summed E-state index contributed by atoms with van der Waals surface area (Å²) in [6, 6.07) is 0. The van der Waals surface area contributed by atoms with Gasteiger partial charge in [-0.2, -0.15) is 0 Å². The second kappa shape index (κ2) is 9.08. The molecular weight excluding hydrogens is 228 g/mol. The van der Waals surface area contributed by atoms with Crippen LogP contribution in [0.5, 0.6) is 0 Å². The molecule has 0 aliphatic heterocycles. The van der Waals surface area contributed by atoms with Crippen molar-refractivity contribution in [1.29, 1.82) is 0 Å². The number of carbonyl (C=O) groups is 1. The molecule has 0 saturated heterocycles. The number of amides is 1. The molecule has 0 radical (unpaired) electrons. The van der Waals surface area contributed by atoms with Crippen molar-refractivity contribution in [3.63, 3.8) is 0 Å². The third-order valence-corrected chi connectivity index (χ3v) is 3.06. The molecule has 2 atom stereocenters. The Balaban J connectivity index is 4.35. The minimum absolute atomic E-state index is 0.0587. The van der Waals surface area contributed by atoms with E-state index < -0.39 is 0 Å². The molecule has 5 nitrogen and oxygen atoms in total. The van der Waals surface area contributed by atoms with Crippen molar-refractivity contribution in [2.75, 3.05) is 20.6 Å². The maximum atomic E-state index is 11.0. The lowest BCUT2D eigenvalue weighted by molar-refractivity contribution is -0.114. The molecule has 0 bridgehead atoms. The van der Waals surface area contributed by atoms with Crippen LogP contribution < -0.4 is 16.4 Å². The molecule has 0 spiro atoms. The summed E-state index contributed by atoms with van der Waals surface area (Å²) in [6.07, 6.45) is 4.35. The Morgan fingerprint density at radius 3 is 2.56 bits per heavy atom. The van der Waals surface area contributed by atoms with Crippen LogP contribution in [0.25, 0.3) is 0 Å². The molecule has 0 fully saturated rings. The summed E-state index contributed by atoms with van der Waals surface area (Å²) >= 11 is 0. The maximum absolute atomic E-state index is 11.0. The van der Waals surface area contributed by atoms with E-state index in [0.717, 1.165) is 6.54 Å². The number of rotatable bonds is 9. The van der Waals surface area contributed by atoms with Gasteiger partial charge in [-0.15, -0.1) is 0 Å². The van der Waals surface area contributed by atoms with Gasteiger partial charge in [-0.25, -0.2) is 0 Å². The Bertz CT molecular complexity index is 278. The van der Waals surface area contributed by atoms with Gasteiger partial charge in [-0.1, -0.05) is 13.3 Å². The van der Waals surface area contributed by atoms with Gasteiger partial charge in [-0.3, -0.25) is 15.0 Å². The van der Waals surface area contributed by atoms with Gasteiger partial charge in [0.05, 0.1) is 12.3 Å². The highest BCUT2D eigenvalue weighted by Crippen LogP contribution is 1.99. The number of nitrogens with zero attached hydrogens (tertiary/aromatic N) is 1. The standard InChI is InChI=1S/C13H28N4O/c1-6-7-8-17(5)11(3)16-12(15-4)9-10(2)13(14)18/h9,11-12,15-16H,6-8H2,1-5H3,(H2,14,18)/b10-9+. The van der Waals surface area contributed by atoms with Gasteiger partial charge in [0.25, 0.3) is 0 Å². The van der Waals surface area contributed by atoms with E-state index in [1.54, 1.807) is 6.92 Å². The van der Waals surface area contributed by atoms with Crippen molar-refractivity contribution < 1.29 is 4.79 Å². The minimum atomic E-state index is -0.385. The zero-order valence-corrected chi connectivity index (χ0v) is 12.3. The molecule has 0 aliphatic carbocycles. The summed E-state index contributed by atoms with van der Waals surface area (Å²) < 4.78 is 0. The van der Waals surface area contributed by atoms with Crippen LogP contribution in [0, 0.1) is 0 Å². The molecule has 0 saturated carbocycles. The minimum Gasteiger partial charge on any atom is -0.366 e. The molecular formula is C13H28N4O. The second-order valence-electron chi connectivity index (χ2n) is 4.66. The topological polar surface area (TPSA) is 70.4 Å². The largest absolute Gasteiger partial charge is 0.366 e. The van der Waals surface area contributed by atoms with E-state index in [4.69, 9.17) is 5.73 Å². The Labute approximate surface area is 111 Å². The van der Waals surface area contributed by atoms with E-state index in [9.17, 15) is 4.79 Å². The first-order valence-corrected chi connectivity index (χ1v) is 6.54. The molecule has 2 unspecified atom stereocenters. The highest BCUT2D eigenvalue weighted by molar-refractivity contribution is 5.91. The molecule has 5 heteroatoms. The van der Waals surface area contributed by atoms with Gasteiger partial charge < -0.3 is 11.1 Å². The SMILES string of the molecule is CCCCN(C)C(C)NC(/C=C(\C)C(N)=O)NC. The van der Waals surface area contributed by atoms with E-state index in [1.165, 1.54) is 12.8 Å². The first-order valence-electron chi connectivity index (χ1n) is 6.54. The molecule has 0 aromatic rings. The lowest BCUT2D eigenvalue weighted by Gasteiger charge is -2.29. The Kier molecular flexibility index (Phi) is 8.62. The molecule has 0 aliphatic rings. The van der Waals surface area contributed by atoms with Crippen molar-refractivity contribution in [3.8, 4) is 0 Å². The lowest BCUT2D eigenvalue weighted by atomic mass is 10.2. The molecule has 0 aromatic heterocycles. The Hall–Kier alpha value is -0.910. The van der Waals surface area contributed by atoms with E-state index in [1.807, 2.05) is 13.1 Å². The van der Waals surface area contributed by atoms with Crippen LogP contribution in [-0.4, -0.2) is 43.8 Å². The highest BCUT2D eigenvalue weighted by atomic mass is 16.1. The number of carbonyl (C=O) groups excluding carboxylic acids is 1. The predicted molar refractivity (Wildman–Crippen MR) is 75.9 cm³/mol. The van der Waals surface area contributed by atoms with Gasteiger partial charge in [0.2, 0.25) is 5.91 Å². The lowest BCUT2D eigenvalue weighted by Crippen LogP contribution is -2.50. The average molecular weight is 256 g/mol. The number of nitrogens with one attached hydrogen (secondary N) is 2. The van der Waals surface area contributed by atoms with Gasteiger partial charge in [0.1, 0.15) is 0 Å². The van der Waals surface area contributed by atoms with Crippen LogP contribution in [0.2, 0.25) is 0 Å². The molecule has 0 rings (SSSR count). The molecule has 18 heavy (non-hydrogen) atoms. The quantitative estimate of drug-likeness (QED) is 0.418. The fourth-order valence-electron chi connectivity index (χ4n) is 1.54. The van der Waals surface area contributed by atoms with Crippen LogP contribution in [0.15, 0.2) is 11.6 Å². The number of nitrogens with two attached hydrogens (primary N) is 1. The van der Waals surface area contributed by atoms with Gasteiger partial charge in [0, 0.05) is 5.57 Å². The van der Waals surface area contributed by atoms with Crippen LogP contribution in [0.3, 0.4) is 0 Å². The van der Waals surface area contributed by atoms with Crippen molar-refractivity contribution >= 4 is 5.91 Å². The van der Waals surface area contributed by atoms with Crippen LogP contribution in [0.4, 0.5) is 0 Å². The average Bonchev–Trinajstić information content (AvgIpc) is 2.34. The molecule has 4 N–H and O–H groups in total. The highest BCUT2D eigenvalue weighted by Gasteiger charge is 2.12. The van der Waals surface area contributed by atoms with Crippen LogP contribution in [-0.2, 0) is 4.79 Å². The number of unbranched alkanes of at least 4 members (excludes halogenated alkanes) is 1. The summed E-state index contributed by atoms with van der Waals surface area (Å²) in [5.74, 6) is -0.385. The second-order valence-corrected chi connectivity index (χ2v) is 4.66. The van der Waals surface area contributed by atoms with E-state index >= 15 is 0 Å². The summed E-state index contributed by atoms with van der Waals surface area (Å²) in [7, 11) is 3.94. The zero-order valence-electron chi connectivity index (χ0n) is 12.3. The zero-order chi connectivity index (χ0) is 14.1. The predicted octanol–water partition coefficient (Wildman–Crippen LogP) is 0.631. The van der Waals surface area contributed by atoms with E-state index in [-0.39, 0.29) is 18.2 Å². The number of hydrogen-bond donors (Lipinski definition) is 3. The Morgan fingerprint density at radius 2 is 2.11 bits per heavy atom. The first kappa shape index (κ1) is 17.1. The smallest absolute Gasteiger partial charge is 0.244 e. The van der Waals surface area contributed by atoms with Crippen molar-refractivity contribution in [2.45, 2.75) is 45.9 Å². The monoisotopic (exact) mass is 256 g/mol. The van der Waals surface area contributed by atoms with Crippen LogP contribution in [0.1, 0.15) is 33.6 Å². The fraction of sp³-hybridized carbons (Fsp3) is 0.769. The van der Waals surface area contributed by atoms with E-state index in [2.05, 4.69) is 36.4 Å². The summed E-state index contributed by atoms with van der Waals surface area (Å²) in [4.78, 5) is 13.3. The molecule has 0 aromatic carbocycles. The van der Waals surface area contributed by atoms with Gasteiger partial charge in [-0.05, 0) is 47.0 Å². The summed E-state index contributed by atoms with van der Waals surface area (Å²) in [5.41, 5.74) is 5.78. The van der Waals surface area contributed by atoms with Crippen molar-refractivity contribution in [3.05, 3.63) is 11.6 Å². The van der Waals surface area contributed by atoms with Crippen LogP contribution >= 0.6 is 0 Å². The van der Waals surface area contributed by atoms with Crippen molar-refractivity contribution in [1.82, 2.24) is 15.5 Å². The maximum Gasteiger partial charge on any atom is 0.244 e. The van der Waals surface area contributed by atoms with Crippen molar-refractivity contribution in [2.24, 2.45) is 5.73 Å². The van der Waals surface area contributed by atoms with E-state index in [0.29, 0.717) is 5.57 Å². The summed E-state index contributed by atoms with van der Waals surface area (Å²) in [6.45, 7) is 7.06. The first-order chi connectivity index (χ1) is 8.42. The van der Waals surface area contributed by atoms with Gasteiger partial charge in [0.15, 0.2) is 0 Å². The fourth-order valence-corrected chi connectivity index (χ4v) is 1.54. The Morgan fingerprint density at radius 1 is 1.50 bits per heavy atom. The molecule has 0 heterocycles. The number of likely N-dealkylation sites (N-methyl/N-ethyl adjacent to an activating group) is 1. The third kappa shape index (κ3) is 6.74. The number of primary amides is 1. The normalized spacial score (nSPS) is 15.8. The van der Waals surface area contributed by atoms with Gasteiger partial charge >= 0.3 is 0 Å². The summed E-state index contributed by atoms with van der Waals surface area (Å²) in [5, 5.41) is 6.50. The third-order valence-electron chi connectivity index (χ3n) is 3.06. The number of hydrogen-bond acceptors (Lipinski definition) is 4. The molecule has 106 valence electrons. The molecule has 1 amide bonds.